The smallest absolute Gasteiger partial charge is 0.347 e. The number of carbonyl (C=O) groups is 1. The molecule has 0 atom stereocenters. The third kappa shape index (κ3) is 8.94. The van der Waals surface area contributed by atoms with Gasteiger partial charge in [-0.25, -0.2) is 4.79 Å². The van der Waals surface area contributed by atoms with Crippen LogP contribution in [0.5, 0.6) is 0 Å². The molecular weight excluding hydrogens is 410 g/mol. The van der Waals surface area contributed by atoms with Crippen LogP contribution in [0.2, 0.25) is 0 Å². The van der Waals surface area contributed by atoms with E-state index >= 15 is 0 Å². The first-order chi connectivity index (χ1) is 15.9. The van der Waals surface area contributed by atoms with Crippen molar-refractivity contribution in [1.29, 1.82) is 0 Å². The lowest BCUT2D eigenvalue weighted by molar-refractivity contribution is -0.890. The van der Waals surface area contributed by atoms with Crippen LogP contribution in [0.4, 0.5) is 0 Å². The van der Waals surface area contributed by atoms with Crippen LogP contribution >= 0.6 is 0 Å². The van der Waals surface area contributed by atoms with E-state index < -0.39 is 11.6 Å². The molecule has 0 radical (unpaired) electrons. The first kappa shape index (κ1) is 27.1. The Hall–Kier alpha value is -2.17. The van der Waals surface area contributed by atoms with E-state index in [9.17, 15) is 9.90 Å². The second-order valence-corrected chi connectivity index (χ2v) is 9.79. The predicted octanol–water partition coefficient (Wildman–Crippen LogP) is 6.07. The van der Waals surface area contributed by atoms with E-state index in [0.29, 0.717) is 11.1 Å². The molecule has 0 saturated heterocycles. The van der Waals surface area contributed by atoms with Gasteiger partial charge in [-0.3, -0.25) is 0 Å². The monoisotopic (exact) mass is 454 g/mol. The summed E-state index contributed by atoms with van der Waals surface area (Å²) in [6, 6.07) is 18.1. The molecule has 0 fully saturated rings. The van der Waals surface area contributed by atoms with Gasteiger partial charge in [0, 0.05) is 0 Å². The van der Waals surface area contributed by atoms with Gasteiger partial charge in [0.25, 0.3) is 0 Å². The van der Waals surface area contributed by atoms with Crippen molar-refractivity contribution < 1.29 is 19.1 Å². The van der Waals surface area contributed by atoms with Crippen LogP contribution in [0.25, 0.3) is 0 Å². The summed E-state index contributed by atoms with van der Waals surface area (Å²) >= 11 is 0. The standard InChI is InChI=1S/C29H44NO3/c1-4-5-6-7-8-9-10-11-18-23-30(2,3)24-25-33-28(31)29(32,26-19-14-12-15-20-26)27-21-16-13-17-22-27/h12-17,19-22,32H,4-11,18,23-25H2,1-3H3/q+1. The number of hydrogen-bond acceptors (Lipinski definition) is 3. The Morgan fingerprint density at radius 1 is 0.758 bits per heavy atom. The van der Waals surface area contributed by atoms with Gasteiger partial charge in [-0.1, -0.05) is 113 Å². The molecule has 0 amide bonds. The number of rotatable bonds is 16. The van der Waals surface area contributed by atoms with Gasteiger partial charge >= 0.3 is 5.97 Å². The number of esters is 1. The Morgan fingerprint density at radius 3 is 1.70 bits per heavy atom. The highest BCUT2D eigenvalue weighted by atomic mass is 16.5. The fraction of sp³-hybridized carbons (Fsp3) is 0.552. The van der Waals surface area contributed by atoms with E-state index in [4.69, 9.17) is 4.74 Å². The van der Waals surface area contributed by atoms with Crippen LogP contribution in [0.3, 0.4) is 0 Å². The SMILES string of the molecule is CCCCCCCCCCC[N+](C)(C)CCOC(=O)C(O)(c1ccccc1)c1ccccc1. The minimum atomic E-state index is -1.81. The second kappa shape index (κ2) is 14.2. The van der Waals surface area contributed by atoms with E-state index in [2.05, 4.69) is 21.0 Å². The molecule has 182 valence electrons. The van der Waals surface area contributed by atoms with Gasteiger partial charge in [0.1, 0.15) is 13.2 Å². The molecule has 0 aliphatic rings. The van der Waals surface area contributed by atoms with Crippen molar-refractivity contribution in [3.63, 3.8) is 0 Å². The molecule has 0 spiro atoms. The Bertz CT molecular complexity index is 750. The van der Waals surface area contributed by atoms with Crippen molar-refractivity contribution in [2.24, 2.45) is 0 Å². The van der Waals surface area contributed by atoms with Crippen molar-refractivity contribution >= 4 is 5.97 Å². The second-order valence-electron chi connectivity index (χ2n) is 9.79. The minimum absolute atomic E-state index is 0.283. The van der Waals surface area contributed by atoms with E-state index in [1.54, 1.807) is 24.3 Å². The number of nitrogens with zero attached hydrogens (tertiary/aromatic N) is 1. The molecule has 2 aromatic rings. The molecule has 0 heterocycles. The fourth-order valence-electron chi connectivity index (χ4n) is 4.21. The highest BCUT2D eigenvalue weighted by molar-refractivity contribution is 5.85. The summed E-state index contributed by atoms with van der Waals surface area (Å²) < 4.78 is 6.44. The molecule has 0 aromatic heterocycles. The van der Waals surface area contributed by atoms with Gasteiger partial charge in [-0.15, -0.1) is 0 Å². The predicted molar refractivity (Wildman–Crippen MR) is 136 cm³/mol. The summed E-state index contributed by atoms with van der Waals surface area (Å²) in [6.07, 6.45) is 11.9. The van der Waals surface area contributed by atoms with Crippen molar-refractivity contribution in [2.75, 3.05) is 33.8 Å². The lowest BCUT2D eigenvalue weighted by Gasteiger charge is -2.31. The van der Waals surface area contributed by atoms with Crippen molar-refractivity contribution in [3.8, 4) is 0 Å². The zero-order valence-electron chi connectivity index (χ0n) is 21.0. The van der Waals surface area contributed by atoms with Crippen LogP contribution in [0.15, 0.2) is 60.7 Å². The molecule has 1 N–H and O–H groups in total. The summed E-state index contributed by atoms with van der Waals surface area (Å²) in [6.45, 7) is 4.33. The third-order valence-corrected chi connectivity index (χ3v) is 6.48. The lowest BCUT2D eigenvalue weighted by atomic mass is 9.86. The molecule has 2 aromatic carbocycles. The molecule has 0 bridgehead atoms. The Morgan fingerprint density at radius 2 is 1.21 bits per heavy atom. The van der Waals surface area contributed by atoms with Gasteiger partial charge in [-0.2, -0.15) is 0 Å². The normalized spacial score (nSPS) is 12.0. The number of aliphatic hydroxyl groups is 1. The first-order valence-corrected chi connectivity index (χ1v) is 12.7. The number of hydrogen-bond donors (Lipinski definition) is 1. The number of quaternary nitrogens is 1. The quantitative estimate of drug-likeness (QED) is 0.190. The minimum Gasteiger partial charge on any atom is -0.457 e. The van der Waals surface area contributed by atoms with E-state index in [1.807, 2.05) is 36.4 Å². The molecule has 0 aliphatic heterocycles. The first-order valence-electron chi connectivity index (χ1n) is 12.7. The van der Waals surface area contributed by atoms with Crippen LogP contribution in [0, 0.1) is 0 Å². The number of carbonyl (C=O) groups excluding carboxylic acids is 1. The van der Waals surface area contributed by atoms with Gasteiger partial charge in [0.15, 0.2) is 0 Å². The maximum Gasteiger partial charge on any atom is 0.347 e. The molecule has 4 nitrogen and oxygen atoms in total. The molecule has 4 heteroatoms. The van der Waals surface area contributed by atoms with E-state index in [0.717, 1.165) is 17.6 Å². The van der Waals surface area contributed by atoms with Crippen LogP contribution in [0.1, 0.15) is 75.8 Å². The summed E-state index contributed by atoms with van der Waals surface area (Å²) in [5.41, 5.74) is -0.772. The Labute approximate surface area is 201 Å². The largest absolute Gasteiger partial charge is 0.457 e. The average Bonchev–Trinajstić information content (AvgIpc) is 2.83. The number of ether oxygens (including phenoxy) is 1. The van der Waals surface area contributed by atoms with Crippen LogP contribution in [-0.4, -0.2) is 49.4 Å². The van der Waals surface area contributed by atoms with Crippen molar-refractivity contribution in [1.82, 2.24) is 0 Å². The highest BCUT2D eigenvalue weighted by Gasteiger charge is 2.41. The van der Waals surface area contributed by atoms with Crippen molar-refractivity contribution in [3.05, 3.63) is 71.8 Å². The van der Waals surface area contributed by atoms with E-state index in [1.165, 1.54) is 57.8 Å². The highest BCUT2D eigenvalue weighted by Crippen LogP contribution is 2.31. The van der Waals surface area contributed by atoms with Gasteiger partial charge in [0.05, 0.1) is 20.6 Å². The lowest BCUT2D eigenvalue weighted by Crippen LogP contribution is -2.45. The molecule has 0 saturated carbocycles. The zero-order chi connectivity index (χ0) is 24.0. The summed E-state index contributed by atoms with van der Waals surface area (Å²) in [4.78, 5) is 13.1. The average molecular weight is 455 g/mol. The summed E-state index contributed by atoms with van der Waals surface area (Å²) in [5, 5.41) is 11.5. The topological polar surface area (TPSA) is 46.5 Å². The van der Waals surface area contributed by atoms with Crippen LogP contribution in [-0.2, 0) is 15.1 Å². The van der Waals surface area contributed by atoms with Gasteiger partial charge < -0.3 is 14.3 Å². The molecule has 2 rings (SSSR count). The molecule has 0 aliphatic carbocycles. The number of unbranched alkanes of at least 4 members (excludes halogenated alkanes) is 8. The van der Waals surface area contributed by atoms with Gasteiger partial charge in [0.2, 0.25) is 5.60 Å². The third-order valence-electron chi connectivity index (χ3n) is 6.48. The Kier molecular flexibility index (Phi) is 11.6. The number of likely N-dealkylation sites (N-methyl/N-ethyl adjacent to an activating group) is 1. The molecule has 0 unspecified atom stereocenters. The van der Waals surface area contributed by atoms with E-state index in [-0.39, 0.29) is 6.61 Å². The van der Waals surface area contributed by atoms with Crippen molar-refractivity contribution in [2.45, 2.75) is 70.3 Å². The molecular formula is C29H44NO3+. The zero-order valence-corrected chi connectivity index (χ0v) is 21.0. The molecule has 33 heavy (non-hydrogen) atoms. The summed E-state index contributed by atoms with van der Waals surface area (Å²) in [7, 11) is 4.36. The Balaban J connectivity index is 1.79. The summed E-state index contributed by atoms with van der Waals surface area (Å²) in [5.74, 6) is -0.622. The fourth-order valence-corrected chi connectivity index (χ4v) is 4.21. The maximum absolute atomic E-state index is 13.1. The maximum atomic E-state index is 13.1. The van der Waals surface area contributed by atoms with Gasteiger partial charge in [-0.05, 0) is 24.0 Å². The number of benzene rings is 2. The van der Waals surface area contributed by atoms with Crippen LogP contribution < -0.4 is 0 Å².